The highest BCUT2D eigenvalue weighted by Gasteiger charge is 2.26. The quantitative estimate of drug-likeness (QED) is 0.791. The number of amides is 1. The SMILES string of the molecule is CC(=O)NC1CCN(c2nc3ccc(N)cc3o2)C1. The lowest BCUT2D eigenvalue weighted by Crippen LogP contribution is -2.35. The number of rotatable bonds is 2. The zero-order chi connectivity index (χ0) is 13.4. The molecule has 1 aromatic carbocycles. The zero-order valence-corrected chi connectivity index (χ0v) is 10.7. The molecule has 3 rings (SSSR count). The molecule has 2 aromatic rings. The molecule has 1 atom stereocenters. The van der Waals surface area contributed by atoms with Gasteiger partial charge in [-0.1, -0.05) is 0 Å². The summed E-state index contributed by atoms with van der Waals surface area (Å²) in [4.78, 5) is 17.5. The average molecular weight is 260 g/mol. The maximum atomic E-state index is 11.0. The van der Waals surface area contributed by atoms with Crippen LogP contribution in [0.15, 0.2) is 22.6 Å². The van der Waals surface area contributed by atoms with E-state index in [1.165, 1.54) is 6.92 Å². The van der Waals surface area contributed by atoms with Gasteiger partial charge in [-0.15, -0.1) is 0 Å². The van der Waals surface area contributed by atoms with E-state index in [1.54, 1.807) is 12.1 Å². The first kappa shape index (κ1) is 11.8. The average Bonchev–Trinajstić information content (AvgIpc) is 2.93. The van der Waals surface area contributed by atoms with Crippen LogP contribution in [0.1, 0.15) is 13.3 Å². The fraction of sp³-hybridized carbons (Fsp3) is 0.385. The van der Waals surface area contributed by atoms with Crippen molar-refractivity contribution in [2.45, 2.75) is 19.4 Å². The molecule has 0 aliphatic carbocycles. The highest BCUT2D eigenvalue weighted by atomic mass is 16.4. The van der Waals surface area contributed by atoms with Gasteiger partial charge >= 0.3 is 0 Å². The number of nitrogen functional groups attached to an aromatic ring is 1. The Morgan fingerprint density at radius 3 is 3.21 bits per heavy atom. The summed E-state index contributed by atoms with van der Waals surface area (Å²) >= 11 is 0. The van der Waals surface area contributed by atoms with Crippen molar-refractivity contribution in [3.8, 4) is 0 Å². The largest absolute Gasteiger partial charge is 0.423 e. The molecule has 0 spiro atoms. The number of nitrogens with zero attached hydrogens (tertiary/aromatic N) is 2. The highest BCUT2D eigenvalue weighted by molar-refractivity contribution is 5.78. The summed E-state index contributed by atoms with van der Waals surface area (Å²) in [6, 6.07) is 6.18. The minimum atomic E-state index is -0.00260. The molecule has 6 heteroatoms. The van der Waals surface area contributed by atoms with E-state index in [1.807, 2.05) is 11.0 Å². The Balaban J connectivity index is 1.79. The maximum absolute atomic E-state index is 11.0. The lowest BCUT2D eigenvalue weighted by atomic mass is 10.3. The fourth-order valence-electron chi connectivity index (χ4n) is 2.40. The number of fused-ring (bicyclic) bond motifs is 1. The second-order valence-electron chi connectivity index (χ2n) is 4.86. The molecule has 0 bridgehead atoms. The Hall–Kier alpha value is -2.24. The standard InChI is InChI=1S/C13H16N4O2/c1-8(18)15-10-4-5-17(7-10)13-16-11-3-2-9(14)6-12(11)19-13/h2-3,6,10H,4-5,7,14H2,1H3,(H,15,18). The van der Waals surface area contributed by atoms with Crippen molar-refractivity contribution in [1.29, 1.82) is 0 Å². The normalized spacial score (nSPS) is 19.0. The molecule has 1 aliphatic rings. The zero-order valence-electron chi connectivity index (χ0n) is 10.7. The van der Waals surface area contributed by atoms with Gasteiger partial charge < -0.3 is 20.4 Å². The predicted molar refractivity (Wildman–Crippen MR) is 72.9 cm³/mol. The van der Waals surface area contributed by atoms with Crippen molar-refractivity contribution in [2.24, 2.45) is 0 Å². The Labute approximate surface area is 110 Å². The molecule has 2 heterocycles. The Bertz CT molecular complexity index is 622. The third kappa shape index (κ3) is 2.33. The number of aromatic nitrogens is 1. The van der Waals surface area contributed by atoms with Crippen LogP contribution in [0, 0.1) is 0 Å². The van der Waals surface area contributed by atoms with E-state index in [2.05, 4.69) is 10.3 Å². The number of anilines is 2. The summed E-state index contributed by atoms with van der Waals surface area (Å²) in [5, 5.41) is 2.91. The molecule has 0 saturated carbocycles. The smallest absolute Gasteiger partial charge is 0.298 e. The number of carbonyl (C=O) groups excluding carboxylic acids is 1. The number of nitrogens with one attached hydrogen (secondary N) is 1. The molecular formula is C13H16N4O2. The van der Waals surface area contributed by atoms with Gasteiger partial charge in [0, 0.05) is 37.8 Å². The van der Waals surface area contributed by atoms with Crippen molar-refractivity contribution < 1.29 is 9.21 Å². The van der Waals surface area contributed by atoms with Crippen LogP contribution in [-0.4, -0.2) is 30.0 Å². The Morgan fingerprint density at radius 1 is 1.58 bits per heavy atom. The lowest BCUT2D eigenvalue weighted by Gasteiger charge is -2.13. The number of carbonyl (C=O) groups is 1. The van der Waals surface area contributed by atoms with Gasteiger partial charge in [0.05, 0.1) is 0 Å². The molecule has 6 nitrogen and oxygen atoms in total. The van der Waals surface area contributed by atoms with Gasteiger partial charge in [0.2, 0.25) is 5.91 Å². The molecule has 1 unspecified atom stereocenters. The van der Waals surface area contributed by atoms with Crippen LogP contribution in [0.5, 0.6) is 0 Å². The topological polar surface area (TPSA) is 84.4 Å². The maximum Gasteiger partial charge on any atom is 0.298 e. The molecule has 1 aliphatic heterocycles. The van der Waals surface area contributed by atoms with Crippen LogP contribution < -0.4 is 16.0 Å². The highest BCUT2D eigenvalue weighted by Crippen LogP contribution is 2.26. The van der Waals surface area contributed by atoms with E-state index in [0.29, 0.717) is 17.3 Å². The van der Waals surface area contributed by atoms with E-state index < -0.39 is 0 Å². The van der Waals surface area contributed by atoms with Crippen molar-refractivity contribution in [2.75, 3.05) is 23.7 Å². The molecule has 19 heavy (non-hydrogen) atoms. The summed E-state index contributed by atoms with van der Waals surface area (Å²) in [5.74, 6) is -0.00260. The third-order valence-corrected chi connectivity index (χ3v) is 3.27. The second kappa shape index (κ2) is 4.46. The number of benzene rings is 1. The van der Waals surface area contributed by atoms with Crippen molar-refractivity contribution in [1.82, 2.24) is 10.3 Å². The van der Waals surface area contributed by atoms with Crippen LogP contribution in [0.4, 0.5) is 11.7 Å². The molecule has 100 valence electrons. The molecule has 1 amide bonds. The van der Waals surface area contributed by atoms with Crippen molar-refractivity contribution in [3.05, 3.63) is 18.2 Å². The van der Waals surface area contributed by atoms with E-state index in [9.17, 15) is 4.79 Å². The third-order valence-electron chi connectivity index (χ3n) is 3.27. The summed E-state index contributed by atoms with van der Waals surface area (Å²) in [6.07, 6.45) is 0.903. The minimum absolute atomic E-state index is 0.00260. The van der Waals surface area contributed by atoms with Crippen LogP contribution in [0.25, 0.3) is 11.1 Å². The van der Waals surface area contributed by atoms with Gasteiger partial charge in [0.15, 0.2) is 5.58 Å². The first-order valence-corrected chi connectivity index (χ1v) is 6.30. The predicted octanol–water partition coefficient (Wildman–Crippen LogP) is 1.12. The minimum Gasteiger partial charge on any atom is -0.423 e. The van der Waals surface area contributed by atoms with Crippen LogP contribution >= 0.6 is 0 Å². The Kier molecular flexibility index (Phi) is 2.77. The number of oxazole rings is 1. The summed E-state index contributed by atoms with van der Waals surface area (Å²) < 4.78 is 5.71. The number of hydrogen-bond donors (Lipinski definition) is 2. The molecule has 1 fully saturated rings. The molecule has 1 saturated heterocycles. The summed E-state index contributed by atoms with van der Waals surface area (Å²) in [5.41, 5.74) is 7.87. The fourth-order valence-corrected chi connectivity index (χ4v) is 2.40. The van der Waals surface area contributed by atoms with E-state index in [0.717, 1.165) is 25.0 Å². The van der Waals surface area contributed by atoms with Gasteiger partial charge in [-0.05, 0) is 18.6 Å². The van der Waals surface area contributed by atoms with Gasteiger partial charge in [-0.2, -0.15) is 4.98 Å². The van der Waals surface area contributed by atoms with Gasteiger partial charge in [-0.25, -0.2) is 0 Å². The monoisotopic (exact) mass is 260 g/mol. The summed E-state index contributed by atoms with van der Waals surface area (Å²) in [6.45, 7) is 3.08. The van der Waals surface area contributed by atoms with E-state index in [-0.39, 0.29) is 11.9 Å². The first-order chi connectivity index (χ1) is 9.11. The first-order valence-electron chi connectivity index (χ1n) is 6.30. The van der Waals surface area contributed by atoms with Gasteiger partial charge in [-0.3, -0.25) is 4.79 Å². The van der Waals surface area contributed by atoms with Crippen molar-refractivity contribution >= 4 is 28.7 Å². The molecule has 0 radical (unpaired) electrons. The molecule has 3 N–H and O–H groups in total. The van der Waals surface area contributed by atoms with Crippen LogP contribution in [0.3, 0.4) is 0 Å². The van der Waals surface area contributed by atoms with Crippen LogP contribution in [0.2, 0.25) is 0 Å². The molecule has 1 aromatic heterocycles. The second-order valence-corrected chi connectivity index (χ2v) is 4.86. The molecular weight excluding hydrogens is 244 g/mol. The summed E-state index contributed by atoms with van der Waals surface area (Å²) in [7, 11) is 0. The van der Waals surface area contributed by atoms with Crippen LogP contribution in [-0.2, 0) is 4.79 Å². The van der Waals surface area contributed by atoms with Gasteiger partial charge in [0.25, 0.3) is 6.01 Å². The van der Waals surface area contributed by atoms with E-state index >= 15 is 0 Å². The number of nitrogens with two attached hydrogens (primary N) is 1. The van der Waals surface area contributed by atoms with E-state index in [4.69, 9.17) is 10.2 Å². The number of hydrogen-bond acceptors (Lipinski definition) is 5. The van der Waals surface area contributed by atoms with Gasteiger partial charge in [0.1, 0.15) is 5.52 Å². The lowest BCUT2D eigenvalue weighted by molar-refractivity contribution is -0.119. The Morgan fingerprint density at radius 2 is 2.42 bits per heavy atom. The van der Waals surface area contributed by atoms with Crippen molar-refractivity contribution in [3.63, 3.8) is 0 Å².